The second-order valence-corrected chi connectivity index (χ2v) is 4.68. The molecule has 0 saturated carbocycles. The van der Waals surface area contributed by atoms with Crippen molar-refractivity contribution in [2.45, 2.75) is 58.8 Å². The number of unbranched alkanes of at least 4 members (excludes halogenated alkanes) is 3. The summed E-state index contributed by atoms with van der Waals surface area (Å²) in [6.07, 6.45) is 7.61. The van der Waals surface area contributed by atoms with Gasteiger partial charge >= 0.3 is 0 Å². The number of benzene rings is 1. The third-order valence-electron chi connectivity index (χ3n) is 3.10. The average Bonchev–Trinajstić information content (AvgIpc) is 2.37. The summed E-state index contributed by atoms with van der Waals surface area (Å²) in [5, 5.41) is 0. The van der Waals surface area contributed by atoms with E-state index in [0.29, 0.717) is 12.2 Å². The Balaban J connectivity index is 2.46. The fraction of sp³-hybridized carbons (Fsp3) is 0.562. The minimum absolute atomic E-state index is 0.292. The molecule has 0 amide bonds. The van der Waals surface area contributed by atoms with Crippen molar-refractivity contribution < 1.29 is 4.79 Å². The molecule has 0 aliphatic carbocycles. The largest absolute Gasteiger partial charge is 0.294 e. The Kier molecular flexibility index (Phi) is 6.61. The molecule has 1 aromatic carbocycles. The lowest BCUT2D eigenvalue weighted by Crippen LogP contribution is -1.99. The van der Waals surface area contributed by atoms with E-state index in [1.165, 1.54) is 24.8 Å². The van der Waals surface area contributed by atoms with E-state index >= 15 is 0 Å². The maximum Gasteiger partial charge on any atom is 0.162 e. The highest BCUT2D eigenvalue weighted by Crippen LogP contribution is 2.11. The molecule has 0 aliphatic rings. The molecule has 0 unspecified atom stereocenters. The van der Waals surface area contributed by atoms with Gasteiger partial charge in [0.25, 0.3) is 0 Å². The molecule has 1 heteroatoms. The molecule has 0 saturated heterocycles. The summed E-state index contributed by atoms with van der Waals surface area (Å²) >= 11 is 0. The van der Waals surface area contributed by atoms with Crippen LogP contribution in [0.2, 0.25) is 0 Å². The van der Waals surface area contributed by atoms with E-state index in [1.54, 1.807) is 0 Å². The molecule has 0 aromatic heterocycles. The number of hydrogen-bond donors (Lipinski definition) is 0. The molecular weight excluding hydrogens is 208 g/mol. The first-order valence-electron chi connectivity index (χ1n) is 6.90. The molecule has 1 rings (SSSR count). The quantitative estimate of drug-likeness (QED) is 0.465. The second kappa shape index (κ2) is 8.05. The molecule has 0 N–H and O–H groups in total. The SMILES string of the molecule is CCCCCC(=O)c1ccc(CCCC)cc1. The first-order valence-corrected chi connectivity index (χ1v) is 6.90. The summed E-state index contributed by atoms with van der Waals surface area (Å²) < 4.78 is 0. The van der Waals surface area contributed by atoms with Gasteiger partial charge in [-0.15, -0.1) is 0 Å². The van der Waals surface area contributed by atoms with Gasteiger partial charge in [-0.1, -0.05) is 57.4 Å². The Morgan fingerprint density at radius 3 is 2.18 bits per heavy atom. The number of aryl methyl sites for hydroxylation is 1. The van der Waals surface area contributed by atoms with Crippen LogP contribution in [0.3, 0.4) is 0 Å². The third kappa shape index (κ3) is 5.16. The Morgan fingerprint density at radius 2 is 1.59 bits per heavy atom. The number of rotatable bonds is 8. The fourth-order valence-corrected chi connectivity index (χ4v) is 1.92. The van der Waals surface area contributed by atoms with E-state index in [9.17, 15) is 4.79 Å². The van der Waals surface area contributed by atoms with Gasteiger partial charge in [0.05, 0.1) is 0 Å². The molecule has 17 heavy (non-hydrogen) atoms. The van der Waals surface area contributed by atoms with Gasteiger partial charge in [-0.25, -0.2) is 0 Å². The summed E-state index contributed by atoms with van der Waals surface area (Å²) in [6, 6.07) is 8.17. The smallest absolute Gasteiger partial charge is 0.162 e. The normalized spacial score (nSPS) is 10.5. The lowest BCUT2D eigenvalue weighted by atomic mass is 10.0. The Labute approximate surface area is 105 Å². The Morgan fingerprint density at radius 1 is 0.941 bits per heavy atom. The van der Waals surface area contributed by atoms with Gasteiger partial charge in [-0.05, 0) is 24.8 Å². The van der Waals surface area contributed by atoms with Crippen LogP contribution in [-0.2, 0) is 6.42 Å². The second-order valence-electron chi connectivity index (χ2n) is 4.68. The van der Waals surface area contributed by atoms with Crippen molar-refractivity contribution in [3.63, 3.8) is 0 Å². The van der Waals surface area contributed by atoms with E-state index in [1.807, 2.05) is 12.1 Å². The highest BCUT2D eigenvalue weighted by Gasteiger charge is 2.04. The number of carbonyl (C=O) groups is 1. The summed E-state index contributed by atoms with van der Waals surface area (Å²) in [6.45, 7) is 4.36. The molecule has 0 aliphatic heterocycles. The number of carbonyl (C=O) groups excluding carboxylic acids is 1. The predicted molar refractivity (Wildman–Crippen MR) is 73.5 cm³/mol. The molecule has 0 spiro atoms. The van der Waals surface area contributed by atoms with Crippen molar-refractivity contribution in [1.29, 1.82) is 0 Å². The van der Waals surface area contributed by atoms with Gasteiger partial charge in [0.2, 0.25) is 0 Å². The zero-order chi connectivity index (χ0) is 12.5. The molecule has 1 aromatic rings. The van der Waals surface area contributed by atoms with Crippen LogP contribution in [0.1, 0.15) is 68.3 Å². The maximum absolute atomic E-state index is 11.8. The van der Waals surface area contributed by atoms with E-state index in [4.69, 9.17) is 0 Å². The van der Waals surface area contributed by atoms with Gasteiger partial charge < -0.3 is 0 Å². The zero-order valence-electron chi connectivity index (χ0n) is 11.2. The number of hydrogen-bond acceptors (Lipinski definition) is 1. The minimum atomic E-state index is 0.292. The molecular formula is C16H24O. The lowest BCUT2D eigenvalue weighted by Gasteiger charge is -2.03. The summed E-state index contributed by atoms with van der Waals surface area (Å²) in [7, 11) is 0. The van der Waals surface area contributed by atoms with Crippen molar-refractivity contribution in [2.24, 2.45) is 0 Å². The highest BCUT2D eigenvalue weighted by molar-refractivity contribution is 5.96. The van der Waals surface area contributed by atoms with Gasteiger partial charge in [0, 0.05) is 12.0 Å². The van der Waals surface area contributed by atoms with Crippen LogP contribution in [0.15, 0.2) is 24.3 Å². The lowest BCUT2D eigenvalue weighted by molar-refractivity contribution is 0.0979. The molecule has 94 valence electrons. The van der Waals surface area contributed by atoms with Crippen LogP contribution in [-0.4, -0.2) is 5.78 Å². The van der Waals surface area contributed by atoms with Gasteiger partial charge in [0.15, 0.2) is 5.78 Å². The van der Waals surface area contributed by atoms with E-state index in [2.05, 4.69) is 26.0 Å². The molecule has 0 radical (unpaired) electrons. The highest BCUT2D eigenvalue weighted by atomic mass is 16.1. The average molecular weight is 232 g/mol. The van der Waals surface area contributed by atoms with Crippen LogP contribution in [0.5, 0.6) is 0 Å². The third-order valence-corrected chi connectivity index (χ3v) is 3.10. The first-order chi connectivity index (χ1) is 8.27. The standard InChI is InChI=1S/C16H24O/c1-3-5-7-9-16(17)15-12-10-14(11-13-15)8-6-4-2/h10-13H,3-9H2,1-2H3. The topological polar surface area (TPSA) is 17.1 Å². The van der Waals surface area contributed by atoms with E-state index < -0.39 is 0 Å². The fourth-order valence-electron chi connectivity index (χ4n) is 1.92. The number of Topliss-reactive ketones (excluding diaryl/α,β-unsaturated/α-hetero) is 1. The van der Waals surface area contributed by atoms with Gasteiger partial charge in [-0.2, -0.15) is 0 Å². The van der Waals surface area contributed by atoms with Crippen LogP contribution in [0.4, 0.5) is 0 Å². The summed E-state index contributed by atoms with van der Waals surface area (Å²) in [5.41, 5.74) is 2.22. The molecule has 0 bridgehead atoms. The Hall–Kier alpha value is -1.11. The predicted octanol–water partition coefficient (Wildman–Crippen LogP) is 4.79. The first kappa shape index (κ1) is 14.0. The zero-order valence-corrected chi connectivity index (χ0v) is 11.2. The van der Waals surface area contributed by atoms with Gasteiger partial charge in [-0.3, -0.25) is 4.79 Å². The monoisotopic (exact) mass is 232 g/mol. The van der Waals surface area contributed by atoms with Crippen LogP contribution >= 0.6 is 0 Å². The van der Waals surface area contributed by atoms with Crippen LogP contribution < -0.4 is 0 Å². The van der Waals surface area contributed by atoms with Crippen molar-refractivity contribution in [2.75, 3.05) is 0 Å². The van der Waals surface area contributed by atoms with Crippen molar-refractivity contribution in [1.82, 2.24) is 0 Å². The number of ketones is 1. The molecule has 0 heterocycles. The van der Waals surface area contributed by atoms with Crippen molar-refractivity contribution in [3.8, 4) is 0 Å². The molecule has 1 nitrogen and oxygen atoms in total. The summed E-state index contributed by atoms with van der Waals surface area (Å²) in [5.74, 6) is 0.292. The van der Waals surface area contributed by atoms with E-state index in [-0.39, 0.29) is 0 Å². The van der Waals surface area contributed by atoms with Crippen LogP contribution in [0, 0.1) is 0 Å². The van der Waals surface area contributed by atoms with Crippen molar-refractivity contribution in [3.05, 3.63) is 35.4 Å². The molecule has 0 atom stereocenters. The minimum Gasteiger partial charge on any atom is -0.294 e. The van der Waals surface area contributed by atoms with E-state index in [0.717, 1.165) is 24.8 Å². The Bertz CT molecular complexity index is 324. The van der Waals surface area contributed by atoms with Crippen LogP contribution in [0.25, 0.3) is 0 Å². The maximum atomic E-state index is 11.8. The molecule has 0 fully saturated rings. The summed E-state index contributed by atoms with van der Waals surface area (Å²) in [4.78, 5) is 11.8. The van der Waals surface area contributed by atoms with Crippen molar-refractivity contribution >= 4 is 5.78 Å². The van der Waals surface area contributed by atoms with Gasteiger partial charge in [0.1, 0.15) is 0 Å².